The van der Waals surface area contributed by atoms with E-state index in [0.717, 1.165) is 30.9 Å². The summed E-state index contributed by atoms with van der Waals surface area (Å²) in [6.07, 6.45) is 2.36. The van der Waals surface area contributed by atoms with E-state index < -0.39 is 6.09 Å². The smallest absolute Gasteiger partial charge is 0.409 e. The quantitative estimate of drug-likeness (QED) is 0.473. The average Bonchev–Trinajstić information content (AvgIpc) is 3.68. The zero-order valence-corrected chi connectivity index (χ0v) is 25.0. The van der Waals surface area contributed by atoms with Crippen LogP contribution in [0.4, 0.5) is 10.5 Å². The zero-order valence-electron chi connectivity index (χ0n) is 24.2. The third kappa shape index (κ3) is 5.96. The molecule has 2 amide bonds. The van der Waals surface area contributed by atoms with Crippen molar-refractivity contribution in [3.8, 4) is 0 Å². The minimum Gasteiger partial charge on any atom is -0.453 e. The maximum Gasteiger partial charge on any atom is 0.409 e. The lowest BCUT2D eigenvalue weighted by atomic mass is 9.88. The molecule has 3 aliphatic heterocycles. The fraction of sp³-hybridized carbons (Fsp3) is 0.567. The van der Waals surface area contributed by atoms with Crippen LogP contribution in [0, 0.1) is 38.5 Å². The maximum absolute atomic E-state index is 14.0. The molecular formula is C30H39ClN6O4. The number of rotatable bonds is 8. The van der Waals surface area contributed by atoms with Gasteiger partial charge in [-0.25, -0.2) is 14.8 Å². The zero-order chi connectivity index (χ0) is 29.3. The van der Waals surface area contributed by atoms with E-state index in [-0.39, 0.29) is 29.6 Å². The molecule has 4 heterocycles. The molecule has 3 fully saturated rings. The fourth-order valence-corrected chi connectivity index (χ4v) is 6.90. The number of likely N-dealkylation sites (tertiary alicyclic amines) is 2. The van der Waals surface area contributed by atoms with Crippen LogP contribution in [0.3, 0.4) is 0 Å². The minimum absolute atomic E-state index is 0.0286. The third-order valence-corrected chi connectivity index (χ3v) is 9.34. The van der Waals surface area contributed by atoms with Crippen LogP contribution < -0.4 is 10.2 Å². The molecular weight excluding hydrogens is 544 g/mol. The summed E-state index contributed by atoms with van der Waals surface area (Å²) >= 11 is 6.47. The van der Waals surface area contributed by atoms with Crippen molar-refractivity contribution in [2.24, 2.45) is 17.8 Å². The maximum atomic E-state index is 14.0. The Bertz CT molecular complexity index is 1300. The highest BCUT2D eigenvalue weighted by molar-refractivity contribution is 6.31. The standard InChI is InChI=1S/C30H39ClN6O4/c1-18-6-7-23(12-25(18)31)37(29(39)21-8-11-36(15-21)30(40)41-4)10-5-9-35-16-22-13-32-14-24(22)27(35)28(38)26-19(2)33-17-34-20(26)3/h6-7,12,17,21-22,24,27,32H,5,8-11,13-16H2,1-4H3. The molecule has 41 heavy (non-hydrogen) atoms. The van der Waals surface area contributed by atoms with Gasteiger partial charge in [0.2, 0.25) is 5.91 Å². The van der Waals surface area contributed by atoms with E-state index in [1.54, 1.807) is 9.80 Å². The van der Waals surface area contributed by atoms with E-state index in [1.807, 2.05) is 39.0 Å². The summed E-state index contributed by atoms with van der Waals surface area (Å²) in [5, 5.41) is 4.07. The first-order valence-corrected chi connectivity index (χ1v) is 14.7. The van der Waals surface area contributed by atoms with Gasteiger partial charge in [0.1, 0.15) is 6.33 Å². The Morgan fingerprint density at radius 1 is 1.12 bits per heavy atom. The predicted molar refractivity (Wildman–Crippen MR) is 156 cm³/mol. The first kappa shape index (κ1) is 29.4. The van der Waals surface area contributed by atoms with Crippen LogP contribution in [0.15, 0.2) is 24.5 Å². The Hall–Kier alpha value is -3.08. The van der Waals surface area contributed by atoms with E-state index in [0.29, 0.717) is 66.9 Å². The normalized spacial score (nSPS) is 24.0. The van der Waals surface area contributed by atoms with E-state index in [4.69, 9.17) is 16.3 Å². The summed E-state index contributed by atoms with van der Waals surface area (Å²) < 4.78 is 4.86. The molecule has 4 unspecified atom stereocenters. The second kappa shape index (κ2) is 12.4. The number of amides is 2. The molecule has 2 aromatic rings. The fourth-order valence-electron chi connectivity index (χ4n) is 6.72. The van der Waals surface area contributed by atoms with E-state index in [1.165, 1.54) is 13.4 Å². The number of ether oxygens (including phenoxy) is 1. The molecule has 3 saturated heterocycles. The van der Waals surface area contributed by atoms with Crippen molar-refractivity contribution in [2.75, 3.05) is 57.8 Å². The summed E-state index contributed by atoms with van der Waals surface area (Å²) in [4.78, 5) is 54.1. The number of hydrogen-bond acceptors (Lipinski definition) is 8. The molecule has 4 atom stereocenters. The summed E-state index contributed by atoms with van der Waals surface area (Å²) in [7, 11) is 1.35. The largest absolute Gasteiger partial charge is 0.453 e. The molecule has 0 spiro atoms. The Morgan fingerprint density at radius 2 is 1.88 bits per heavy atom. The molecule has 5 rings (SSSR count). The lowest BCUT2D eigenvalue weighted by Crippen LogP contribution is -2.44. The predicted octanol–water partition coefficient (Wildman–Crippen LogP) is 3.27. The molecule has 1 aromatic heterocycles. The average molecular weight is 583 g/mol. The van der Waals surface area contributed by atoms with Crippen LogP contribution >= 0.6 is 11.6 Å². The van der Waals surface area contributed by atoms with Crippen LogP contribution in [-0.2, 0) is 9.53 Å². The van der Waals surface area contributed by atoms with E-state index in [9.17, 15) is 14.4 Å². The second-order valence-electron chi connectivity index (χ2n) is 11.5. The van der Waals surface area contributed by atoms with Gasteiger partial charge < -0.3 is 19.9 Å². The minimum atomic E-state index is -0.413. The number of methoxy groups -OCH3 is 1. The summed E-state index contributed by atoms with van der Waals surface area (Å²) in [6, 6.07) is 5.43. The van der Waals surface area contributed by atoms with Crippen molar-refractivity contribution < 1.29 is 19.1 Å². The number of aryl methyl sites for hydroxylation is 3. The van der Waals surface area contributed by atoms with Crippen molar-refractivity contribution >= 4 is 35.1 Å². The van der Waals surface area contributed by atoms with Crippen molar-refractivity contribution in [2.45, 2.75) is 39.7 Å². The lowest BCUT2D eigenvalue weighted by molar-refractivity contribution is -0.122. The molecule has 10 nitrogen and oxygen atoms in total. The molecule has 11 heteroatoms. The number of aromatic nitrogens is 2. The van der Waals surface area contributed by atoms with Crippen LogP contribution in [-0.4, -0.2) is 96.5 Å². The van der Waals surface area contributed by atoms with Crippen molar-refractivity contribution in [3.05, 3.63) is 52.1 Å². The lowest BCUT2D eigenvalue weighted by Gasteiger charge is -2.30. The number of carbonyl (C=O) groups is 3. The molecule has 3 aliphatic rings. The molecule has 0 bridgehead atoms. The number of fused-ring (bicyclic) bond motifs is 1. The number of anilines is 1. The molecule has 0 radical (unpaired) electrons. The highest BCUT2D eigenvalue weighted by atomic mass is 35.5. The number of benzene rings is 1. The van der Waals surface area contributed by atoms with Gasteiger partial charge in [0.15, 0.2) is 5.78 Å². The molecule has 1 aromatic carbocycles. The van der Waals surface area contributed by atoms with Gasteiger partial charge in [0, 0.05) is 50.0 Å². The summed E-state index contributed by atoms with van der Waals surface area (Å²) in [5.41, 5.74) is 3.72. The first-order valence-electron chi connectivity index (χ1n) is 14.4. The number of ketones is 1. The van der Waals surface area contributed by atoms with E-state index >= 15 is 0 Å². The topological polar surface area (TPSA) is 108 Å². The van der Waals surface area contributed by atoms with E-state index in [2.05, 4.69) is 20.2 Å². The van der Waals surface area contributed by atoms with Gasteiger partial charge in [0.05, 0.1) is 36.0 Å². The Morgan fingerprint density at radius 3 is 2.59 bits per heavy atom. The number of nitrogens with zero attached hydrogens (tertiary/aromatic N) is 5. The number of carbonyl (C=O) groups excluding carboxylic acids is 3. The van der Waals surface area contributed by atoms with Crippen LogP contribution in [0.25, 0.3) is 0 Å². The third-order valence-electron chi connectivity index (χ3n) is 8.93. The Kier molecular flexibility index (Phi) is 8.91. The van der Waals surface area contributed by atoms with Crippen molar-refractivity contribution in [1.82, 2.24) is 25.1 Å². The number of hydrogen-bond donors (Lipinski definition) is 1. The summed E-state index contributed by atoms with van der Waals surface area (Å²) in [6.45, 7) is 10.2. The van der Waals surface area contributed by atoms with Gasteiger partial charge in [-0.2, -0.15) is 0 Å². The number of halogens is 1. The van der Waals surface area contributed by atoms with Crippen molar-refractivity contribution in [1.29, 1.82) is 0 Å². The van der Waals surface area contributed by atoms with Gasteiger partial charge in [-0.05, 0) is 69.7 Å². The highest BCUT2D eigenvalue weighted by Crippen LogP contribution is 2.35. The van der Waals surface area contributed by atoms with Gasteiger partial charge in [-0.3, -0.25) is 14.5 Å². The Labute approximate surface area is 246 Å². The molecule has 0 saturated carbocycles. The highest BCUT2D eigenvalue weighted by Gasteiger charge is 2.48. The number of Topliss-reactive ketones (excluding diaryl/α,β-unsaturated/α-hetero) is 1. The first-order chi connectivity index (χ1) is 19.7. The van der Waals surface area contributed by atoms with Crippen LogP contribution in [0.2, 0.25) is 5.02 Å². The van der Waals surface area contributed by atoms with Crippen LogP contribution in [0.5, 0.6) is 0 Å². The van der Waals surface area contributed by atoms with Gasteiger partial charge in [0.25, 0.3) is 0 Å². The second-order valence-corrected chi connectivity index (χ2v) is 11.9. The molecule has 0 aliphatic carbocycles. The molecule has 220 valence electrons. The van der Waals surface area contributed by atoms with Gasteiger partial charge >= 0.3 is 6.09 Å². The van der Waals surface area contributed by atoms with Crippen LogP contribution in [0.1, 0.15) is 40.2 Å². The van der Waals surface area contributed by atoms with Crippen molar-refractivity contribution in [3.63, 3.8) is 0 Å². The summed E-state index contributed by atoms with van der Waals surface area (Å²) in [5.74, 6) is 0.386. The molecule has 1 N–H and O–H groups in total. The van der Waals surface area contributed by atoms with Gasteiger partial charge in [-0.1, -0.05) is 17.7 Å². The SMILES string of the molecule is COC(=O)N1CCC(C(=O)N(CCCN2CC3CNCC3C2C(=O)c2c(C)ncnc2C)c2ccc(C)c(Cl)c2)C1. The van der Waals surface area contributed by atoms with Gasteiger partial charge in [-0.15, -0.1) is 0 Å². The Balaban J connectivity index is 1.33. The monoisotopic (exact) mass is 582 g/mol. The number of nitrogens with one attached hydrogen (secondary N) is 1.